The Labute approximate surface area is 101 Å². The molecule has 1 unspecified atom stereocenters. The molecule has 0 spiro atoms. The highest BCUT2D eigenvalue weighted by atomic mass is 19.4. The van der Waals surface area contributed by atoms with Gasteiger partial charge in [-0.1, -0.05) is 6.07 Å². The first-order valence-corrected chi connectivity index (χ1v) is 5.21. The van der Waals surface area contributed by atoms with E-state index in [2.05, 4.69) is 10.1 Å². The minimum Gasteiger partial charge on any atom is -0.405 e. The molecular formula is C11H13F4NO2. The van der Waals surface area contributed by atoms with E-state index in [0.717, 1.165) is 6.07 Å². The predicted octanol–water partition coefficient (Wildman–Crippen LogP) is 2.19. The largest absolute Gasteiger partial charge is 0.573 e. The van der Waals surface area contributed by atoms with Crippen LogP contribution in [0.4, 0.5) is 17.6 Å². The molecule has 0 bridgehead atoms. The number of benzene rings is 1. The standard InChI is InChI=1S/C11H13F4NO2/c1-7(17)5-16-6-8-2-3-9(12)4-10(8)18-11(13,14)15/h2-4,7,16-17H,5-6H2,1H3. The molecule has 0 radical (unpaired) electrons. The van der Waals surface area contributed by atoms with Gasteiger partial charge < -0.3 is 15.2 Å². The van der Waals surface area contributed by atoms with E-state index >= 15 is 0 Å². The first-order chi connectivity index (χ1) is 8.28. The van der Waals surface area contributed by atoms with Gasteiger partial charge in [-0.3, -0.25) is 0 Å². The Balaban J connectivity index is 2.76. The zero-order valence-corrected chi connectivity index (χ0v) is 9.59. The number of aliphatic hydroxyl groups is 1. The summed E-state index contributed by atoms with van der Waals surface area (Å²) in [5, 5.41) is 11.7. The van der Waals surface area contributed by atoms with Crippen molar-refractivity contribution < 1.29 is 27.4 Å². The quantitative estimate of drug-likeness (QED) is 0.804. The lowest BCUT2D eigenvalue weighted by Crippen LogP contribution is -2.25. The van der Waals surface area contributed by atoms with Crippen molar-refractivity contribution in [2.45, 2.75) is 25.9 Å². The van der Waals surface area contributed by atoms with Gasteiger partial charge in [0, 0.05) is 24.7 Å². The summed E-state index contributed by atoms with van der Waals surface area (Å²) in [6, 6.07) is 2.92. The number of alkyl halides is 3. The van der Waals surface area contributed by atoms with Crippen LogP contribution in [0, 0.1) is 5.82 Å². The van der Waals surface area contributed by atoms with Crippen LogP contribution in [0.3, 0.4) is 0 Å². The highest BCUT2D eigenvalue weighted by Gasteiger charge is 2.32. The zero-order chi connectivity index (χ0) is 13.8. The van der Waals surface area contributed by atoms with Crippen LogP contribution in [0.1, 0.15) is 12.5 Å². The van der Waals surface area contributed by atoms with Crippen LogP contribution in [0.25, 0.3) is 0 Å². The molecule has 0 aliphatic carbocycles. The second-order valence-electron chi connectivity index (χ2n) is 3.78. The summed E-state index contributed by atoms with van der Waals surface area (Å²) in [6.07, 6.45) is -5.50. The molecule has 1 aromatic rings. The van der Waals surface area contributed by atoms with Crippen LogP contribution in [-0.4, -0.2) is 24.1 Å². The number of aliphatic hydroxyl groups excluding tert-OH is 1. The Bertz CT molecular complexity index is 393. The van der Waals surface area contributed by atoms with Crippen molar-refractivity contribution in [3.8, 4) is 5.75 Å². The van der Waals surface area contributed by atoms with Crippen LogP contribution >= 0.6 is 0 Å². The molecule has 102 valence electrons. The molecular weight excluding hydrogens is 254 g/mol. The van der Waals surface area contributed by atoms with E-state index in [4.69, 9.17) is 5.11 Å². The van der Waals surface area contributed by atoms with Gasteiger partial charge in [-0.2, -0.15) is 0 Å². The van der Waals surface area contributed by atoms with Crippen molar-refractivity contribution in [1.29, 1.82) is 0 Å². The van der Waals surface area contributed by atoms with Crippen molar-refractivity contribution in [2.75, 3.05) is 6.54 Å². The second kappa shape index (κ2) is 6.01. The molecule has 1 aromatic carbocycles. The summed E-state index contributed by atoms with van der Waals surface area (Å²) in [5.74, 6) is -1.39. The van der Waals surface area contributed by atoms with E-state index < -0.39 is 24.0 Å². The van der Waals surface area contributed by atoms with Gasteiger partial charge in [-0.05, 0) is 13.0 Å². The van der Waals surface area contributed by atoms with Gasteiger partial charge in [0.1, 0.15) is 11.6 Å². The fourth-order valence-corrected chi connectivity index (χ4v) is 1.31. The molecule has 1 atom stereocenters. The van der Waals surface area contributed by atoms with E-state index in [9.17, 15) is 17.6 Å². The molecule has 3 nitrogen and oxygen atoms in total. The number of rotatable bonds is 5. The molecule has 7 heteroatoms. The van der Waals surface area contributed by atoms with E-state index in [-0.39, 0.29) is 18.7 Å². The summed E-state index contributed by atoms with van der Waals surface area (Å²) >= 11 is 0. The van der Waals surface area contributed by atoms with Crippen molar-refractivity contribution in [1.82, 2.24) is 5.32 Å². The number of hydrogen-bond donors (Lipinski definition) is 2. The highest BCUT2D eigenvalue weighted by Crippen LogP contribution is 2.27. The fraction of sp³-hybridized carbons (Fsp3) is 0.455. The van der Waals surface area contributed by atoms with Crippen LogP contribution in [-0.2, 0) is 6.54 Å². The average Bonchev–Trinajstić information content (AvgIpc) is 2.18. The molecule has 0 fully saturated rings. The van der Waals surface area contributed by atoms with Crippen LogP contribution in [0.15, 0.2) is 18.2 Å². The third kappa shape index (κ3) is 5.33. The third-order valence-electron chi connectivity index (χ3n) is 2.01. The average molecular weight is 267 g/mol. The number of ether oxygens (including phenoxy) is 1. The first-order valence-electron chi connectivity index (χ1n) is 5.21. The normalized spacial score (nSPS) is 13.4. The summed E-state index contributed by atoms with van der Waals surface area (Å²) in [7, 11) is 0. The Kier molecular flexibility index (Phi) is 4.92. The molecule has 0 aromatic heterocycles. The Morgan fingerprint density at radius 1 is 1.39 bits per heavy atom. The van der Waals surface area contributed by atoms with Gasteiger partial charge >= 0.3 is 6.36 Å². The van der Waals surface area contributed by atoms with Gasteiger partial charge in [0.2, 0.25) is 0 Å². The van der Waals surface area contributed by atoms with E-state index in [1.807, 2.05) is 0 Å². The Hall–Kier alpha value is -1.34. The summed E-state index contributed by atoms with van der Waals surface area (Å²) in [4.78, 5) is 0. The molecule has 18 heavy (non-hydrogen) atoms. The predicted molar refractivity (Wildman–Crippen MR) is 56.5 cm³/mol. The lowest BCUT2D eigenvalue weighted by atomic mass is 10.2. The van der Waals surface area contributed by atoms with Crippen molar-refractivity contribution in [3.63, 3.8) is 0 Å². The van der Waals surface area contributed by atoms with Crippen LogP contribution in [0.2, 0.25) is 0 Å². The SMILES string of the molecule is CC(O)CNCc1ccc(F)cc1OC(F)(F)F. The van der Waals surface area contributed by atoms with Gasteiger partial charge in [0.15, 0.2) is 0 Å². The molecule has 0 heterocycles. The van der Waals surface area contributed by atoms with Crippen molar-refractivity contribution in [3.05, 3.63) is 29.6 Å². The lowest BCUT2D eigenvalue weighted by Gasteiger charge is -2.14. The number of hydrogen-bond acceptors (Lipinski definition) is 3. The van der Waals surface area contributed by atoms with E-state index in [1.54, 1.807) is 0 Å². The lowest BCUT2D eigenvalue weighted by molar-refractivity contribution is -0.275. The summed E-state index contributed by atoms with van der Waals surface area (Å²) in [6.45, 7) is 1.78. The molecule has 0 aliphatic rings. The second-order valence-corrected chi connectivity index (χ2v) is 3.78. The van der Waals surface area contributed by atoms with Crippen LogP contribution in [0.5, 0.6) is 5.75 Å². The maximum atomic E-state index is 12.9. The summed E-state index contributed by atoms with van der Waals surface area (Å²) < 4.78 is 52.9. The van der Waals surface area contributed by atoms with Crippen LogP contribution < -0.4 is 10.1 Å². The minimum absolute atomic E-state index is 0.0383. The smallest absolute Gasteiger partial charge is 0.405 e. The zero-order valence-electron chi connectivity index (χ0n) is 9.59. The highest BCUT2D eigenvalue weighted by molar-refractivity contribution is 5.34. The number of halogens is 4. The fourth-order valence-electron chi connectivity index (χ4n) is 1.31. The van der Waals surface area contributed by atoms with Crippen molar-refractivity contribution in [2.24, 2.45) is 0 Å². The number of nitrogens with one attached hydrogen (secondary N) is 1. The maximum Gasteiger partial charge on any atom is 0.573 e. The monoisotopic (exact) mass is 267 g/mol. The molecule has 2 N–H and O–H groups in total. The first kappa shape index (κ1) is 14.7. The molecule has 0 saturated carbocycles. The minimum atomic E-state index is -4.87. The third-order valence-corrected chi connectivity index (χ3v) is 2.01. The van der Waals surface area contributed by atoms with Crippen molar-refractivity contribution >= 4 is 0 Å². The summed E-state index contributed by atoms with van der Waals surface area (Å²) in [5.41, 5.74) is 0.161. The van der Waals surface area contributed by atoms with E-state index in [1.165, 1.54) is 13.0 Å². The maximum absolute atomic E-state index is 12.9. The molecule has 0 saturated heterocycles. The topological polar surface area (TPSA) is 41.5 Å². The Morgan fingerprint density at radius 2 is 2.06 bits per heavy atom. The van der Waals surface area contributed by atoms with Gasteiger partial charge in [-0.15, -0.1) is 13.2 Å². The molecule has 0 aliphatic heterocycles. The van der Waals surface area contributed by atoms with Gasteiger partial charge in [0.25, 0.3) is 0 Å². The molecule has 0 amide bonds. The van der Waals surface area contributed by atoms with Gasteiger partial charge in [0.05, 0.1) is 6.10 Å². The van der Waals surface area contributed by atoms with E-state index in [0.29, 0.717) is 6.07 Å². The van der Waals surface area contributed by atoms with Gasteiger partial charge in [-0.25, -0.2) is 4.39 Å². The Morgan fingerprint density at radius 3 is 2.61 bits per heavy atom. The molecule has 1 rings (SSSR count).